The van der Waals surface area contributed by atoms with E-state index in [2.05, 4.69) is 10.3 Å². The minimum absolute atomic E-state index is 0.441. The van der Waals surface area contributed by atoms with Gasteiger partial charge in [-0.15, -0.1) is 0 Å². The molecule has 10 heavy (non-hydrogen) atoms. The Balaban J connectivity index is 2.78. The van der Waals surface area contributed by atoms with Gasteiger partial charge in [-0.1, -0.05) is 0 Å². The fraction of sp³-hybridized carbons (Fsp3) is 0. The molecule has 4 heteroatoms. The maximum Gasteiger partial charge on any atom is 0.211 e. The van der Waals surface area contributed by atoms with E-state index in [4.69, 9.17) is 5.73 Å². The van der Waals surface area contributed by atoms with E-state index in [9.17, 15) is 4.79 Å². The number of aromatic nitrogens is 1. The molecule has 0 spiro atoms. The quantitative estimate of drug-likeness (QED) is 0.573. The van der Waals surface area contributed by atoms with Gasteiger partial charge in [0.05, 0.1) is 11.9 Å². The van der Waals surface area contributed by atoms with Crippen molar-refractivity contribution in [3.63, 3.8) is 0 Å². The summed E-state index contributed by atoms with van der Waals surface area (Å²) in [4.78, 5) is 13.6. The number of hydrogen-bond donors (Lipinski definition) is 2. The molecule has 0 aromatic carbocycles. The first-order valence-electron chi connectivity index (χ1n) is 2.74. The van der Waals surface area contributed by atoms with E-state index in [1.54, 1.807) is 12.1 Å². The first kappa shape index (κ1) is 6.54. The third kappa shape index (κ3) is 1.45. The first-order chi connectivity index (χ1) is 4.83. The van der Waals surface area contributed by atoms with Crippen molar-refractivity contribution in [2.75, 3.05) is 11.1 Å². The molecule has 3 N–H and O–H groups in total. The van der Waals surface area contributed by atoms with E-state index in [1.807, 2.05) is 0 Å². The van der Waals surface area contributed by atoms with Gasteiger partial charge in [-0.2, -0.15) is 0 Å². The van der Waals surface area contributed by atoms with E-state index in [1.165, 1.54) is 6.20 Å². The van der Waals surface area contributed by atoms with Crippen LogP contribution < -0.4 is 11.1 Å². The van der Waals surface area contributed by atoms with E-state index in [0.717, 1.165) is 0 Å². The van der Waals surface area contributed by atoms with Crippen molar-refractivity contribution in [3.05, 3.63) is 18.3 Å². The number of anilines is 2. The molecule has 0 radical (unpaired) electrons. The summed E-state index contributed by atoms with van der Waals surface area (Å²) in [6.07, 6.45) is 2.08. The molecule has 0 aliphatic heterocycles. The Morgan fingerprint density at radius 2 is 2.40 bits per heavy atom. The zero-order valence-corrected chi connectivity index (χ0v) is 5.24. The third-order valence-electron chi connectivity index (χ3n) is 1.01. The van der Waals surface area contributed by atoms with E-state index in [-0.39, 0.29) is 0 Å². The minimum Gasteiger partial charge on any atom is -0.384 e. The molecular weight excluding hydrogens is 130 g/mol. The average Bonchev–Trinajstić information content (AvgIpc) is 1.95. The highest BCUT2D eigenvalue weighted by molar-refractivity contribution is 5.70. The van der Waals surface area contributed by atoms with Crippen LogP contribution in [0.5, 0.6) is 0 Å². The summed E-state index contributed by atoms with van der Waals surface area (Å²) < 4.78 is 0. The highest BCUT2D eigenvalue weighted by Gasteiger charge is 1.87. The third-order valence-corrected chi connectivity index (χ3v) is 1.01. The maximum atomic E-state index is 9.89. The number of nitrogens with two attached hydrogens (primary N) is 1. The van der Waals surface area contributed by atoms with Crippen molar-refractivity contribution >= 4 is 17.9 Å². The minimum atomic E-state index is 0.441. The van der Waals surface area contributed by atoms with Crippen LogP contribution in [0.15, 0.2) is 18.3 Å². The molecule has 52 valence electrons. The van der Waals surface area contributed by atoms with Crippen molar-refractivity contribution in [2.45, 2.75) is 0 Å². The SMILES string of the molecule is Nc1ccc(NC=O)cn1. The van der Waals surface area contributed by atoms with Crippen LogP contribution in [0.2, 0.25) is 0 Å². The van der Waals surface area contributed by atoms with Gasteiger partial charge in [0.2, 0.25) is 6.41 Å². The number of carbonyl (C=O) groups excluding carboxylic acids is 1. The molecule has 0 unspecified atom stereocenters. The number of rotatable bonds is 2. The monoisotopic (exact) mass is 137 g/mol. The predicted molar refractivity (Wildman–Crippen MR) is 38.3 cm³/mol. The second-order valence-corrected chi connectivity index (χ2v) is 1.73. The van der Waals surface area contributed by atoms with Crippen molar-refractivity contribution in [1.29, 1.82) is 0 Å². The fourth-order valence-corrected chi connectivity index (χ4v) is 0.559. The lowest BCUT2D eigenvalue weighted by Gasteiger charge is -1.95. The highest BCUT2D eigenvalue weighted by atomic mass is 16.1. The Kier molecular flexibility index (Phi) is 1.84. The van der Waals surface area contributed by atoms with Gasteiger partial charge >= 0.3 is 0 Å². The van der Waals surface area contributed by atoms with Crippen LogP contribution >= 0.6 is 0 Å². The fourth-order valence-electron chi connectivity index (χ4n) is 0.559. The smallest absolute Gasteiger partial charge is 0.211 e. The van der Waals surface area contributed by atoms with Gasteiger partial charge in [-0.3, -0.25) is 4.79 Å². The number of pyridine rings is 1. The highest BCUT2D eigenvalue weighted by Crippen LogP contribution is 2.04. The van der Waals surface area contributed by atoms with Crippen LogP contribution in [-0.4, -0.2) is 11.4 Å². The van der Waals surface area contributed by atoms with Crippen molar-refractivity contribution in [1.82, 2.24) is 4.98 Å². The van der Waals surface area contributed by atoms with Crippen LogP contribution in [0.25, 0.3) is 0 Å². The summed E-state index contributed by atoms with van der Waals surface area (Å²) in [5.41, 5.74) is 5.94. The molecular formula is C6H7N3O. The molecule has 4 nitrogen and oxygen atoms in total. The molecule has 1 heterocycles. The Labute approximate surface area is 58.1 Å². The molecule has 0 atom stereocenters. The van der Waals surface area contributed by atoms with Gasteiger partial charge in [0.1, 0.15) is 5.82 Å². The predicted octanol–water partition coefficient (Wildman–Crippen LogP) is 0.232. The lowest BCUT2D eigenvalue weighted by atomic mass is 10.4. The van der Waals surface area contributed by atoms with Gasteiger partial charge in [0, 0.05) is 0 Å². The molecule has 0 aliphatic carbocycles. The van der Waals surface area contributed by atoms with Gasteiger partial charge < -0.3 is 11.1 Å². The van der Waals surface area contributed by atoms with Gasteiger partial charge in [-0.05, 0) is 12.1 Å². The normalized spacial score (nSPS) is 8.80. The lowest BCUT2D eigenvalue weighted by Crippen LogP contribution is -1.95. The summed E-state index contributed by atoms with van der Waals surface area (Å²) in [6, 6.07) is 3.29. The lowest BCUT2D eigenvalue weighted by molar-refractivity contribution is -0.105. The molecule has 0 bridgehead atoms. The van der Waals surface area contributed by atoms with Crippen LogP contribution in [0.1, 0.15) is 0 Å². The van der Waals surface area contributed by atoms with E-state index in [0.29, 0.717) is 17.9 Å². The standard InChI is InChI=1S/C6H7N3O/c7-6-2-1-5(3-8-6)9-4-10/h1-4H,(H2,7,8)(H,9,10). The Morgan fingerprint density at radius 3 is 2.90 bits per heavy atom. The summed E-state index contributed by atoms with van der Waals surface area (Å²) in [6.45, 7) is 0. The largest absolute Gasteiger partial charge is 0.384 e. The molecule has 0 aliphatic rings. The zero-order valence-electron chi connectivity index (χ0n) is 5.24. The average molecular weight is 137 g/mol. The van der Waals surface area contributed by atoms with Crippen molar-refractivity contribution in [2.24, 2.45) is 0 Å². The maximum absolute atomic E-state index is 9.89. The Morgan fingerprint density at radius 1 is 1.60 bits per heavy atom. The first-order valence-corrected chi connectivity index (χ1v) is 2.74. The van der Waals surface area contributed by atoms with Crippen LogP contribution in [0.4, 0.5) is 11.5 Å². The number of nitrogen functional groups attached to an aromatic ring is 1. The topological polar surface area (TPSA) is 68.0 Å². The van der Waals surface area contributed by atoms with Crippen molar-refractivity contribution < 1.29 is 4.79 Å². The summed E-state index contributed by atoms with van der Waals surface area (Å²) in [5.74, 6) is 0.441. The van der Waals surface area contributed by atoms with Gasteiger partial charge in [0.25, 0.3) is 0 Å². The summed E-state index contributed by atoms with van der Waals surface area (Å²) in [5, 5.41) is 2.44. The molecule has 0 saturated heterocycles. The van der Waals surface area contributed by atoms with Crippen molar-refractivity contribution in [3.8, 4) is 0 Å². The van der Waals surface area contributed by atoms with E-state index >= 15 is 0 Å². The number of nitrogens with zero attached hydrogens (tertiary/aromatic N) is 1. The summed E-state index contributed by atoms with van der Waals surface area (Å²) in [7, 11) is 0. The summed E-state index contributed by atoms with van der Waals surface area (Å²) >= 11 is 0. The zero-order chi connectivity index (χ0) is 7.40. The molecule has 0 saturated carbocycles. The second kappa shape index (κ2) is 2.82. The Bertz CT molecular complexity index is 219. The molecule has 0 fully saturated rings. The molecule has 1 rings (SSSR count). The van der Waals surface area contributed by atoms with Crippen LogP contribution in [0, 0.1) is 0 Å². The molecule has 1 aromatic heterocycles. The second-order valence-electron chi connectivity index (χ2n) is 1.73. The molecule has 1 aromatic rings. The van der Waals surface area contributed by atoms with Gasteiger partial charge in [0.15, 0.2) is 0 Å². The van der Waals surface area contributed by atoms with Crippen LogP contribution in [0.3, 0.4) is 0 Å². The number of carbonyl (C=O) groups is 1. The number of hydrogen-bond acceptors (Lipinski definition) is 3. The number of amides is 1. The number of nitrogens with one attached hydrogen (secondary N) is 1. The molecule has 1 amide bonds. The van der Waals surface area contributed by atoms with Crippen LogP contribution in [-0.2, 0) is 4.79 Å². The van der Waals surface area contributed by atoms with E-state index < -0.39 is 0 Å². The Hall–Kier alpha value is -1.58. The van der Waals surface area contributed by atoms with Gasteiger partial charge in [-0.25, -0.2) is 4.98 Å².